The van der Waals surface area contributed by atoms with Crippen molar-refractivity contribution in [1.82, 2.24) is 0 Å². The molecule has 0 spiro atoms. The number of rotatable bonds is 4. The van der Waals surface area contributed by atoms with Gasteiger partial charge in [-0.05, 0) is 19.8 Å². The Balaban J connectivity index is 2.84. The van der Waals surface area contributed by atoms with Crippen LogP contribution in [0.2, 0.25) is 0 Å². The molecule has 0 saturated heterocycles. The zero-order valence-electron chi connectivity index (χ0n) is 9.58. The summed E-state index contributed by atoms with van der Waals surface area (Å²) in [7, 11) is 1.22. The SMILES string of the molecule is CCOC(=O)C[C@@]1(C(=O)OC)CCCC1=O. The second kappa shape index (κ2) is 5.09. The first-order valence-electron chi connectivity index (χ1n) is 5.34. The molecule has 1 saturated carbocycles. The van der Waals surface area contributed by atoms with E-state index in [1.807, 2.05) is 0 Å². The highest BCUT2D eigenvalue weighted by Gasteiger charge is 2.51. The fraction of sp³-hybridized carbons (Fsp3) is 0.727. The van der Waals surface area contributed by atoms with Gasteiger partial charge < -0.3 is 9.47 Å². The predicted molar refractivity (Wildman–Crippen MR) is 54.6 cm³/mol. The fourth-order valence-corrected chi connectivity index (χ4v) is 2.06. The minimum Gasteiger partial charge on any atom is -0.468 e. The molecule has 1 fully saturated rings. The van der Waals surface area contributed by atoms with Crippen molar-refractivity contribution < 1.29 is 23.9 Å². The third-order valence-electron chi connectivity index (χ3n) is 2.87. The Hall–Kier alpha value is -1.39. The molecule has 0 aromatic carbocycles. The van der Waals surface area contributed by atoms with E-state index in [4.69, 9.17) is 4.74 Å². The summed E-state index contributed by atoms with van der Waals surface area (Å²) in [4.78, 5) is 34.8. The molecule has 1 rings (SSSR count). The molecule has 90 valence electrons. The average Bonchev–Trinajstić information content (AvgIpc) is 2.60. The Morgan fingerprint density at radius 2 is 2.12 bits per heavy atom. The normalized spacial score (nSPS) is 24.2. The van der Waals surface area contributed by atoms with Gasteiger partial charge in [0.05, 0.1) is 20.1 Å². The first-order valence-corrected chi connectivity index (χ1v) is 5.34. The van der Waals surface area contributed by atoms with Gasteiger partial charge in [0.2, 0.25) is 0 Å². The van der Waals surface area contributed by atoms with E-state index in [1.165, 1.54) is 7.11 Å². The number of carbonyl (C=O) groups is 3. The highest BCUT2D eigenvalue weighted by atomic mass is 16.5. The van der Waals surface area contributed by atoms with E-state index >= 15 is 0 Å². The van der Waals surface area contributed by atoms with E-state index in [0.29, 0.717) is 19.3 Å². The second-order valence-electron chi connectivity index (χ2n) is 3.83. The van der Waals surface area contributed by atoms with Crippen molar-refractivity contribution in [3.63, 3.8) is 0 Å². The second-order valence-corrected chi connectivity index (χ2v) is 3.83. The number of hydrogen-bond acceptors (Lipinski definition) is 5. The van der Waals surface area contributed by atoms with Crippen LogP contribution in [0.3, 0.4) is 0 Å². The first-order chi connectivity index (χ1) is 7.56. The van der Waals surface area contributed by atoms with Crippen LogP contribution in [0.4, 0.5) is 0 Å². The molecule has 0 aliphatic heterocycles. The van der Waals surface area contributed by atoms with Crippen molar-refractivity contribution in [3.8, 4) is 0 Å². The van der Waals surface area contributed by atoms with Gasteiger partial charge in [-0.15, -0.1) is 0 Å². The number of hydrogen-bond donors (Lipinski definition) is 0. The summed E-state index contributed by atoms with van der Waals surface area (Å²) in [5, 5.41) is 0. The Bertz CT molecular complexity index is 309. The monoisotopic (exact) mass is 228 g/mol. The van der Waals surface area contributed by atoms with E-state index in [1.54, 1.807) is 6.92 Å². The van der Waals surface area contributed by atoms with Gasteiger partial charge in [-0.2, -0.15) is 0 Å². The van der Waals surface area contributed by atoms with Gasteiger partial charge in [0.1, 0.15) is 5.41 Å². The summed E-state index contributed by atoms with van der Waals surface area (Å²) >= 11 is 0. The summed E-state index contributed by atoms with van der Waals surface area (Å²) in [5.74, 6) is -1.36. The molecule has 5 nitrogen and oxygen atoms in total. The van der Waals surface area contributed by atoms with Crippen LogP contribution in [0, 0.1) is 5.41 Å². The molecule has 0 N–H and O–H groups in total. The molecule has 0 aromatic rings. The summed E-state index contributed by atoms with van der Waals surface area (Å²) in [5.41, 5.74) is -1.29. The molecule has 16 heavy (non-hydrogen) atoms. The molecular weight excluding hydrogens is 212 g/mol. The van der Waals surface area contributed by atoms with Crippen molar-refractivity contribution in [1.29, 1.82) is 0 Å². The Kier molecular flexibility index (Phi) is 4.04. The van der Waals surface area contributed by atoms with Gasteiger partial charge in [-0.1, -0.05) is 0 Å². The number of esters is 2. The Morgan fingerprint density at radius 3 is 2.56 bits per heavy atom. The van der Waals surface area contributed by atoms with Crippen LogP contribution in [0.25, 0.3) is 0 Å². The third kappa shape index (κ3) is 2.23. The third-order valence-corrected chi connectivity index (χ3v) is 2.87. The van der Waals surface area contributed by atoms with Crippen molar-refractivity contribution >= 4 is 17.7 Å². The van der Waals surface area contributed by atoms with Crippen LogP contribution in [0.5, 0.6) is 0 Å². The van der Waals surface area contributed by atoms with E-state index in [-0.39, 0.29) is 18.8 Å². The highest BCUT2D eigenvalue weighted by Crippen LogP contribution is 2.39. The van der Waals surface area contributed by atoms with E-state index in [9.17, 15) is 14.4 Å². The van der Waals surface area contributed by atoms with Gasteiger partial charge in [0.25, 0.3) is 0 Å². The summed E-state index contributed by atoms with van der Waals surface area (Å²) in [6, 6.07) is 0. The lowest BCUT2D eigenvalue weighted by Crippen LogP contribution is -2.38. The topological polar surface area (TPSA) is 69.7 Å². The van der Waals surface area contributed by atoms with Crippen molar-refractivity contribution in [2.75, 3.05) is 13.7 Å². The van der Waals surface area contributed by atoms with Gasteiger partial charge >= 0.3 is 11.9 Å². The van der Waals surface area contributed by atoms with Crippen LogP contribution in [0.1, 0.15) is 32.6 Å². The van der Waals surface area contributed by atoms with Gasteiger partial charge in [0, 0.05) is 6.42 Å². The fourth-order valence-electron chi connectivity index (χ4n) is 2.06. The maximum Gasteiger partial charge on any atom is 0.319 e. The molecule has 0 unspecified atom stereocenters. The van der Waals surface area contributed by atoms with Crippen LogP contribution < -0.4 is 0 Å². The first kappa shape index (κ1) is 12.7. The van der Waals surface area contributed by atoms with Gasteiger partial charge in [-0.3, -0.25) is 14.4 Å². The largest absolute Gasteiger partial charge is 0.468 e. The number of methoxy groups -OCH3 is 1. The zero-order valence-corrected chi connectivity index (χ0v) is 9.58. The summed E-state index contributed by atoms with van der Waals surface area (Å²) in [6.07, 6.45) is 1.12. The van der Waals surface area contributed by atoms with E-state index < -0.39 is 17.4 Å². The number of ether oxygens (including phenoxy) is 2. The minimum absolute atomic E-state index is 0.202. The summed E-state index contributed by atoms with van der Waals surface area (Å²) in [6.45, 7) is 1.92. The molecular formula is C11H16O5. The molecule has 1 aliphatic rings. The van der Waals surface area contributed by atoms with Crippen LogP contribution >= 0.6 is 0 Å². The maximum absolute atomic E-state index is 11.7. The molecule has 1 aliphatic carbocycles. The van der Waals surface area contributed by atoms with Gasteiger partial charge in [0.15, 0.2) is 5.78 Å². The Labute approximate surface area is 94.1 Å². The van der Waals surface area contributed by atoms with E-state index in [2.05, 4.69) is 4.74 Å². The maximum atomic E-state index is 11.7. The number of carbonyl (C=O) groups excluding carboxylic acids is 3. The van der Waals surface area contributed by atoms with Crippen LogP contribution in [0.15, 0.2) is 0 Å². The smallest absolute Gasteiger partial charge is 0.319 e. The van der Waals surface area contributed by atoms with Crippen LogP contribution in [-0.2, 0) is 23.9 Å². The molecule has 1 atom stereocenters. The van der Waals surface area contributed by atoms with Crippen LogP contribution in [-0.4, -0.2) is 31.4 Å². The highest BCUT2D eigenvalue weighted by molar-refractivity contribution is 6.07. The van der Waals surface area contributed by atoms with Gasteiger partial charge in [-0.25, -0.2) is 0 Å². The zero-order chi connectivity index (χ0) is 12.2. The summed E-state index contributed by atoms with van der Waals surface area (Å²) < 4.78 is 9.39. The standard InChI is InChI=1S/C11H16O5/c1-3-16-9(13)7-11(10(14)15-2)6-4-5-8(11)12/h3-7H2,1-2H3/t11-/m0/s1. The number of Topliss-reactive ketones (excluding diaryl/α,β-unsaturated/α-hetero) is 1. The molecule has 5 heteroatoms. The van der Waals surface area contributed by atoms with Crippen molar-refractivity contribution in [3.05, 3.63) is 0 Å². The molecule has 0 heterocycles. The molecule has 0 radical (unpaired) electrons. The van der Waals surface area contributed by atoms with Crippen molar-refractivity contribution in [2.45, 2.75) is 32.6 Å². The lowest BCUT2D eigenvalue weighted by Gasteiger charge is -2.22. The lowest BCUT2D eigenvalue weighted by molar-refractivity contribution is -0.163. The van der Waals surface area contributed by atoms with E-state index in [0.717, 1.165) is 0 Å². The molecule has 0 aromatic heterocycles. The van der Waals surface area contributed by atoms with Crippen molar-refractivity contribution in [2.24, 2.45) is 5.41 Å². The number of ketones is 1. The quantitative estimate of drug-likeness (QED) is 0.527. The minimum atomic E-state index is -1.29. The Morgan fingerprint density at radius 1 is 1.44 bits per heavy atom. The average molecular weight is 228 g/mol. The molecule has 0 bridgehead atoms. The predicted octanol–water partition coefficient (Wildman–Crippen LogP) is 0.852. The molecule has 0 amide bonds. The lowest BCUT2D eigenvalue weighted by atomic mass is 9.82.